The van der Waals surface area contributed by atoms with Gasteiger partial charge in [0.25, 0.3) is 0 Å². The lowest BCUT2D eigenvalue weighted by atomic mass is 11.3. The number of carbonyl (C=O) groups is 1. The molecule has 0 aliphatic heterocycles. The van der Waals surface area contributed by atoms with Crippen molar-refractivity contribution in [1.82, 2.24) is 0 Å². The van der Waals surface area contributed by atoms with Gasteiger partial charge in [-0.15, -0.1) is 11.6 Å². The van der Waals surface area contributed by atoms with E-state index in [1.807, 2.05) is 0 Å². The molecule has 0 rings (SSSR count). The van der Waals surface area contributed by atoms with E-state index in [2.05, 4.69) is 0 Å². The van der Waals surface area contributed by atoms with Crippen molar-refractivity contribution in [2.45, 2.75) is 0 Å². The molecule has 0 aliphatic rings. The molecule has 3 heteroatoms. The minimum atomic E-state index is -0.508. The first-order valence-electron chi connectivity index (χ1n) is 1.01. The lowest BCUT2D eigenvalue weighted by Gasteiger charge is -1.65. The molecule has 0 aromatic rings. The van der Waals surface area contributed by atoms with Gasteiger partial charge in [-0.2, -0.15) is 0 Å². The van der Waals surface area contributed by atoms with Crippen molar-refractivity contribution in [3.8, 4) is 0 Å². The fourth-order valence-corrected chi connectivity index (χ4v) is 0. The first-order valence-corrected chi connectivity index (χ1v) is 1.93. The van der Waals surface area contributed by atoms with Gasteiger partial charge in [-0.3, -0.25) is 4.79 Å². The standard InChI is InChI=1S/C2H2Cl2O/c3-1-2(4)5/h1H2/i2+1. The number of carbonyl (C=O) groups excluding carboxylic acids is 1. The molecule has 0 unspecified atom stereocenters. The van der Waals surface area contributed by atoms with Crippen LogP contribution in [0.1, 0.15) is 0 Å². The minimum absolute atomic E-state index is 0.0957. The summed E-state index contributed by atoms with van der Waals surface area (Å²) >= 11 is 9.55. The first-order chi connectivity index (χ1) is 2.27. The van der Waals surface area contributed by atoms with Crippen molar-refractivity contribution >= 4 is 28.4 Å². The smallest absolute Gasteiger partial charge is 0.236 e. The zero-order chi connectivity index (χ0) is 4.28. The van der Waals surface area contributed by atoms with E-state index in [-0.39, 0.29) is 5.88 Å². The molecule has 0 aromatic carbocycles. The van der Waals surface area contributed by atoms with Crippen molar-refractivity contribution in [3.05, 3.63) is 0 Å². The second kappa shape index (κ2) is 2.49. The molecule has 0 radical (unpaired) electrons. The Morgan fingerprint density at radius 3 is 2.00 bits per heavy atom. The summed E-state index contributed by atoms with van der Waals surface area (Å²) in [5.41, 5.74) is 0. The van der Waals surface area contributed by atoms with Crippen LogP contribution in [0, 0.1) is 0 Å². The van der Waals surface area contributed by atoms with Crippen LogP contribution < -0.4 is 0 Å². The Bertz CT molecular complexity index is 42.9. The summed E-state index contributed by atoms with van der Waals surface area (Å²) < 4.78 is 0. The fraction of sp³-hybridized carbons (Fsp3) is 0.500. The van der Waals surface area contributed by atoms with Crippen LogP contribution in [-0.2, 0) is 4.79 Å². The Morgan fingerprint density at radius 2 is 2.00 bits per heavy atom. The van der Waals surface area contributed by atoms with Gasteiger partial charge in [-0.1, -0.05) is 0 Å². The van der Waals surface area contributed by atoms with E-state index < -0.39 is 5.24 Å². The van der Waals surface area contributed by atoms with E-state index in [0.29, 0.717) is 0 Å². The quantitative estimate of drug-likeness (QED) is 0.282. The number of alkyl halides is 1. The normalized spacial score (nSPS) is 7.60. The van der Waals surface area contributed by atoms with Crippen LogP contribution in [0.3, 0.4) is 0 Å². The predicted octanol–water partition coefficient (Wildman–Crippen LogP) is 0.991. The van der Waals surface area contributed by atoms with Crippen LogP contribution in [0.2, 0.25) is 0 Å². The Labute approximate surface area is 39.9 Å². The van der Waals surface area contributed by atoms with Gasteiger partial charge >= 0.3 is 0 Å². The Balaban J connectivity index is 2.85. The van der Waals surface area contributed by atoms with Gasteiger partial charge in [0, 0.05) is 0 Å². The second-order valence-electron chi connectivity index (χ2n) is 0.489. The van der Waals surface area contributed by atoms with E-state index in [9.17, 15) is 4.79 Å². The van der Waals surface area contributed by atoms with Crippen molar-refractivity contribution in [2.24, 2.45) is 0 Å². The maximum Gasteiger partial charge on any atom is 0.236 e. The topological polar surface area (TPSA) is 17.1 Å². The zero-order valence-corrected chi connectivity index (χ0v) is 3.88. The maximum atomic E-state index is 9.45. The fourth-order valence-electron chi connectivity index (χ4n) is 0. The van der Waals surface area contributed by atoms with Crippen molar-refractivity contribution < 1.29 is 4.79 Å². The molecule has 0 spiro atoms. The molecule has 0 amide bonds. The second-order valence-corrected chi connectivity index (χ2v) is 1.18. The van der Waals surface area contributed by atoms with Crippen LogP contribution >= 0.6 is 23.2 Å². The van der Waals surface area contributed by atoms with Crippen molar-refractivity contribution in [1.29, 1.82) is 0 Å². The molecule has 0 N–H and O–H groups in total. The van der Waals surface area contributed by atoms with E-state index in [4.69, 9.17) is 23.2 Å². The zero-order valence-electron chi connectivity index (χ0n) is 2.37. The third-order valence-electron chi connectivity index (χ3n) is 0.105. The molecule has 5 heavy (non-hydrogen) atoms. The lowest BCUT2D eigenvalue weighted by Crippen LogP contribution is -1.81. The van der Waals surface area contributed by atoms with Gasteiger partial charge in [0.2, 0.25) is 5.24 Å². The summed E-state index contributed by atoms with van der Waals surface area (Å²) in [5, 5.41) is -0.508. The Morgan fingerprint density at radius 1 is 1.80 bits per heavy atom. The van der Waals surface area contributed by atoms with E-state index in [1.165, 1.54) is 0 Å². The van der Waals surface area contributed by atoms with Crippen molar-refractivity contribution in [3.63, 3.8) is 0 Å². The molecule has 0 atom stereocenters. The highest BCUT2D eigenvalue weighted by Crippen LogP contribution is 1.80. The van der Waals surface area contributed by atoms with Crippen LogP contribution in [0.5, 0.6) is 0 Å². The summed E-state index contributed by atoms with van der Waals surface area (Å²) in [5.74, 6) is -0.0957. The largest absolute Gasteiger partial charge is 0.280 e. The average molecular weight is 114 g/mol. The van der Waals surface area contributed by atoms with Gasteiger partial charge < -0.3 is 0 Å². The van der Waals surface area contributed by atoms with Gasteiger partial charge in [-0.05, 0) is 11.6 Å². The molecular formula is C2H2Cl2O. The third-order valence-corrected chi connectivity index (χ3v) is 0.618. The Kier molecular flexibility index (Phi) is 2.61. The number of hydrogen-bond donors (Lipinski definition) is 0. The third kappa shape index (κ3) is 4.25. The molecule has 0 fully saturated rings. The minimum Gasteiger partial charge on any atom is -0.280 e. The molecule has 0 saturated heterocycles. The Hall–Kier alpha value is 0.250. The highest BCUT2D eigenvalue weighted by molar-refractivity contribution is 6.67. The molecule has 0 aromatic heterocycles. The van der Waals surface area contributed by atoms with Crippen LogP contribution in [-0.4, -0.2) is 11.1 Å². The molecule has 0 saturated carbocycles. The average Bonchev–Trinajstić information content (AvgIpc) is 1.38. The van der Waals surface area contributed by atoms with E-state index >= 15 is 0 Å². The molecule has 30 valence electrons. The van der Waals surface area contributed by atoms with Crippen LogP contribution in [0.4, 0.5) is 0 Å². The predicted molar refractivity (Wildman–Crippen MR) is 21.6 cm³/mol. The molecular weight excluding hydrogens is 112 g/mol. The van der Waals surface area contributed by atoms with E-state index in [1.54, 1.807) is 0 Å². The highest BCUT2D eigenvalue weighted by Gasteiger charge is 1.83. The maximum absolute atomic E-state index is 9.45. The highest BCUT2D eigenvalue weighted by atomic mass is 35.5. The summed E-state index contributed by atoms with van der Waals surface area (Å²) in [6, 6.07) is 0. The SMILES string of the molecule is O=[13C](Cl)CCl. The van der Waals surface area contributed by atoms with Crippen LogP contribution in [0.15, 0.2) is 0 Å². The lowest BCUT2D eigenvalue weighted by molar-refractivity contribution is -0.109. The number of hydrogen-bond acceptors (Lipinski definition) is 1. The van der Waals surface area contributed by atoms with E-state index in [0.717, 1.165) is 0 Å². The molecule has 0 aliphatic carbocycles. The van der Waals surface area contributed by atoms with Gasteiger partial charge in [0.1, 0.15) is 0 Å². The molecule has 1 nitrogen and oxygen atoms in total. The molecule has 0 heterocycles. The monoisotopic (exact) mass is 113 g/mol. The van der Waals surface area contributed by atoms with Crippen LogP contribution in [0.25, 0.3) is 0 Å². The molecule has 0 bridgehead atoms. The summed E-state index contributed by atoms with van der Waals surface area (Å²) in [4.78, 5) is 9.45. The van der Waals surface area contributed by atoms with Gasteiger partial charge in [0.05, 0.1) is 5.88 Å². The van der Waals surface area contributed by atoms with Crippen molar-refractivity contribution in [2.75, 3.05) is 5.88 Å². The van der Waals surface area contributed by atoms with Gasteiger partial charge in [-0.25, -0.2) is 0 Å². The first kappa shape index (κ1) is 5.25. The van der Waals surface area contributed by atoms with Gasteiger partial charge in [0.15, 0.2) is 0 Å². The summed E-state index contributed by atoms with van der Waals surface area (Å²) in [6.45, 7) is 0. The number of rotatable bonds is 1. The summed E-state index contributed by atoms with van der Waals surface area (Å²) in [7, 11) is 0. The number of halogens is 2. The summed E-state index contributed by atoms with van der Waals surface area (Å²) in [6.07, 6.45) is 0.